The number of amides is 1. The number of hydrogen-bond acceptors (Lipinski definition) is 2. The number of hydrogen-bond donors (Lipinski definition) is 2. The number of nitrogens with two attached hydrogens (primary N) is 1. The molecule has 0 bridgehead atoms. The zero-order valence-electron chi connectivity index (χ0n) is 9.99. The van der Waals surface area contributed by atoms with Gasteiger partial charge >= 0.3 is 6.18 Å². The first-order valence-corrected chi connectivity index (χ1v) is 5.49. The van der Waals surface area contributed by atoms with Gasteiger partial charge < -0.3 is 10.7 Å². The van der Waals surface area contributed by atoms with Crippen molar-refractivity contribution < 1.29 is 18.0 Å². The van der Waals surface area contributed by atoms with Crippen LogP contribution in [0.4, 0.5) is 13.2 Å². The van der Waals surface area contributed by atoms with Crippen molar-refractivity contribution in [3.8, 4) is 11.1 Å². The van der Waals surface area contributed by atoms with E-state index in [9.17, 15) is 22.8 Å². The minimum absolute atomic E-state index is 0.221. The number of aromatic amines is 1. The molecule has 0 spiro atoms. The molecule has 0 aliphatic carbocycles. The van der Waals surface area contributed by atoms with Gasteiger partial charge in [0.2, 0.25) is 0 Å². The van der Waals surface area contributed by atoms with Crippen LogP contribution in [0.5, 0.6) is 0 Å². The van der Waals surface area contributed by atoms with Crippen molar-refractivity contribution in [2.75, 3.05) is 0 Å². The number of carbonyl (C=O) groups is 1. The minimum Gasteiger partial charge on any atom is -0.365 e. The van der Waals surface area contributed by atoms with Gasteiger partial charge in [-0.15, -0.1) is 0 Å². The molecule has 0 aliphatic rings. The molecular formula is C13H9F3N2O2. The molecule has 0 atom stereocenters. The maximum atomic E-state index is 12.6. The number of H-pyrrole nitrogens is 1. The largest absolute Gasteiger partial charge is 0.416 e. The molecular weight excluding hydrogens is 273 g/mol. The summed E-state index contributed by atoms with van der Waals surface area (Å²) in [4.78, 5) is 24.7. The van der Waals surface area contributed by atoms with Gasteiger partial charge in [-0.3, -0.25) is 9.59 Å². The Morgan fingerprint density at radius 2 is 1.85 bits per heavy atom. The highest BCUT2D eigenvalue weighted by atomic mass is 19.4. The second kappa shape index (κ2) is 4.84. The molecule has 2 rings (SSSR count). The van der Waals surface area contributed by atoms with E-state index < -0.39 is 23.2 Å². The Morgan fingerprint density at radius 1 is 1.15 bits per heavy atom. The first kappa shape index (κ1) is 13.9. The maximum Gasteiger partial charge on any atom is 0.416 e. The van der Waals surface area contributed by atoms with Crippen molar-refractivity contribution in [3.05, 3.63) is 58.0 Å². The standard InChI is InChI=1S/C13H9F3N2O2/c14-13(15,16)9-3-1-2-7(4-9)8-5-10(11(17)19)12(20)18-6-8/h1-6H,(H2,17,19)(H,18,20). The smallest absolute Gasteiger partial charge is 0.365 e. The Bertz CT molecular complexity index is 720. The molecule has 0 fully saturated rings. The van der Waals surface area contributed by atoms with Gasteiger partial charge in [0.25, 0.3) is 11.5 Å². The van der Waals surface area contributed by atoms with Gasteiger partial charge in [-0.1, -0.05) is 12.1 Å². The molecule has 1 aromatic carbocycles. The number of aromatic nitrogens is 1. The summed E-state index contributed by atoms with van der Waals surface area (Å²) in [5.74, 6) is -0.944. The number of pyridine rings is 1. The third kappa shape index (κ3) is 2.71. The Kier molecular flexibility index (Phi) is 3.35. The number of benzene rings is 1. The predicted molar refractivity (Wildman–Crippen MR) is 66.0 cm³/mol. The maximum absolute atomic E-state index is 12.6. The summed E-state index contributed by atoms with van der Waals surface area (Å²) in [6, 6.07) is 5.71. The van der Waals surface area contributed by atoms with Gasteiger partial charge in [-0.25, -0.2) is 0 Å². The van der Waals surface area contributed by atoms with Crippen molar-refractivity contribution in [3.63, 3.8) is 0 Å². The molecule has 0 saturated carbocycles. The number of rotatable bonds is 2. The average Bonchev–Trinajstić information content (AvgIpc) is 2.38. The number of carbonyl (C=O) groups excluding carboxylic acids is 1. The van der Waals surface area contributed by atoms with E-state index in [1.807, 2.05) is 0 Å². The molecule has 20 heavy (non-hydrogen) atoms. The van der Waals surface area contributed by atoms with E-state index in [1.54, 1.807) is 0 Å². The molecule has 0 aliphatic heterocycles. The molecule has 1 aromatic heterocycles. The highest BCUT2D eigenvalue weighted by molar-refractivity contribution is 5.93. The third-order valence-electron chi connectivity index (χ3n) is 2.69. The first-order valence-electron chi connectivity index (χ1n) is 5.49. The van der Waals surface area contributed by atoms with Crippen molar-refractivity contribution in [2.24, 2.45) is 5.73 Å². The van der Waals surface area contributed by atoms with Crippen LogP contribution in [0, 0.1) is 0 Å². The van der Waals surface area contributed by atoms with E-state index in [0.717, 1.165) is 18.2 Å². The Hall–Kier alpha value is -2.57. The monoisotopic (exact) mass is 282 g/mol. The lowest BCUT2D eigenvalue weighted by molar-refractivity contribution is -0.137. The van der Waals surface area contributed by atoms with Crippen LogP contribution in [0.25, 0.3) is 11.1 Å². The molecule has 7 heteroatoms. The summed E-state index contributed by atoms with van der Waals surface area (Å²) < 4.78 is 37.9. The second-order valence-corrected chi connectivity index (χ2v) is 4.07. The van der Waals surface area contributed by atoms with E-state index in [-0.39, 0.29) is 16.7 Å². The molecule has 4 nitrogen and oxygen atoms in total. The molecule has 104 valence electrons. The van der Waals surface area contributed by atoms with E-state index in [0.29, 0.717) is 0 Å². The summed E-state index contributed by atoms with van der Waals surface area (Å²) in [6.45, 7) is 0. The lowest BCUT2D eigenvalue weighted by atomic mass is 10.0. The molecule has 0 radical (unpaired) electrons. The number of nitrogens with one attached hydrogen (secondary N) is 1. The lowest BCUT2D eigenvalue weighted by Gasteiger charge is -2.09. The summed E-state index contributed by atoms with van der Waals surface area (Å²) in [5.41, 5.74) is 3.70. The molecule has 2 aromatic rings. The molecule has 3 N–H and O–H groups in total. The topological polar surface area (TPSA) is 76.0 Å². The molecule has 0 unspecified atom stereocenters. The Morgan fingerprint density at radius 3 is 2.45 bits per heavy atom. The zero-order chi connectivity index (χ0) is 14.9. The summed E-state index contributed by atoms with van der Waals surface area (Å²) >= 11 is 0. The highest BCUT2D eigenvalue weighted by Crippen LogP contribution is 2.31. The van der Waals surface area contributed by atoms with Crippen molar-refractivity contribution in [1.29, 1.82) is 0 Å². The zero-order valence-corrected chi connectivity index (χ0v) is 9.99. The third-order valence-corrected chi connectivity index (χ3v) is 2.69. The van der Waals surface area contributed by atoms with Crippen LogP contribution in [0.1, 0.15) is 15.9 Å². The van der Waals surface area contributed by atoms with Crippen LogP contribution in [0.2, 0.25) is 0 Å². The van der Waals surface area contributed by atoms with Crippen LogP contribution in [0.15, 0.2) is 41.3 Å². The normalized spacial score (nSPS) is 11.3. The Labute approximate surface area is 111 Å². The Balaban J connectivity index is 2.55. The average molecular weight is 282 g/mol. The quantitative estimate of drug-likeness (QED) is 0.885. The summed E-state index contributed by atoms with van der Waals surface area (Å²) in [6.07, 6.45) is -3.24. The first-order chi connectivity index (χ1) is 9.29. The molecule has 0 saturated heterocycles. The van der Waals surface area contributed by atoms with Crippen molar-refractivity contribution in [1.82, 2.24) is 4.98 Å². The fourth-order valence-corrected chi connectivity index (χ4v) is 1.71. The van der Waals surface area contributed by atoms with Gasteiger partial charge in [-0.05, 0) is 29.3 Å². The summed E-state index contributed by atoms with van der Waals surface area (Å²) in [5, 5.41) is 0. The molecule has 1 amide bonds. The number of halogens is 3. The van der Waals surface area contributed by atoms with E-state index in [1.165, 1.54) is 18.3 Å². The van der Waals surface area contributed by atoms with Crippen LogP contribution < -0.4 is 11.3 Å². The van der Waals surface area contributed by atoms with E-state index >= 15 is 0 Å². The van der Waals surface area contributed by atoms with Gasteiger partial charge in [0, 0.05) is 6.20 Å². The molecule has 1 heterocycles. The SMILES string of the molecule is NC(=O)c1cc(-c2cccc(C(F)(F)F)c2)c[nH]c1=O. The summed E-state index contributed by atoms with van der Waals surface area (Å²) in [7, 11) is 0. The van der Waals surface area contributed by atoms with Crippen LogP contribution >= 0.6 is 0 Å². The minimum atomic E-state index is -4.47. The van der Waals surface area contributed by atoms with Crippen LogP contribution in [-0.2, 0) is 6.18 Å². The predicted octanol–water partition coefficient (Wildman–Crippen LogP) is 2.16. The fraction of sp³-hybridized carbons (Fsp3) is 0.0769. The van der Waals surface area contributed by atoms with Crippen molar-refractivity contribution in [2.45, 2.75) is 6.18 Å². The second-order valence-electron chi connectivity index (χ2n) is 4.07. The van der Waals surface area contributed by atoms with Crippen LogP contribution in [0.3, 0.4) is 0 Å². The fourth-order valence-electron chi connectivity index (χ4n) is 1.71. The highest BCUT2D eigenvalue weighted by Gasteiger charge is 2.30. The van der Waals surface area contributed by atoms with Gasteiger partial charge in [0.15, 0.2) is 0 Å². The van der Waals surface area contributed by atoms with Gasteiger partial charge in [0.05, 0.1) is 5.56 Å². The van der Waals surface area contributed by atoms with Gasteiger partial charge in [-0.2, -0.15) is 13.2 Å². The van der Waals surface area contributed by atoms with Crippen LogP contribution in [-0.4, -0.2) is 10.9 Å². The van der Waals surface area contributed by atoms with E-state index in [4.69, 9.17) is 5.73 Å². The van der Waals surface area contributed by atoms with Crippen molar-refractivity contribution >= 4 is 5.91 Å². The number of alkyl halides is 3. The van der Waals surface area contributed by atoms with E-state index in [2.05, 4.69) is 4.98 Å². The number of primary amides is 1. The van der Waals surface area contributed by atoms with Gasteiger partial charge in [0.1, 0.15) is 5.56 Å². The lowest BCUT2D eigenvalue weighted by Crippen LogP contribution is -2.23.